The minimum absolute atomic E-state index is 0. The van der Waals surface area contributed by atoms with Crippen LogP contribution in [0, 0.1) is 0 Å². The number of hydrogen-bond acceptors (Lipinski definition) is 2. The standard InChI is InChI=1S/C8H4Cl2O2.Pb.2H/c9-7(11)5-1-2-6(4-3-5)8(10)12;;;/h1-4H;;;. The van der Waals surface area contributed by atoms with Crippen LogP contribution in [0.25, 0.3) is 0 Å². The molecule has 2 radical (unpaired) electrons. The summed E-state index contributed by atoms with van der Waals surface area (Å²) < 4.78 is 0. The Morgan fingerprint density at radius 1 is 0.846 bits per heavy atom. The zero-order chi connectivity index (χ0) is 9.14. The van der Waals surface area contributed by atoms with Crippen molar-refractivity contribution in [1.82, 2.24) is 0 Å². The second kappa shape index (κ2) is 5.72. The van der Waals surface area contributed by atoms with Gasteiger partial charge >= 0.3 is 27.3 Å². The van der Waals surface area contributed by atoms with Crippen molar-refractivity contribution in [1.29, 1.82) is 0 Å². The van der Waals surface area contributed by atoms with E-state index in [1.165, 1.54) is 24.3 Å². The van der Waals surface area contributed by atoms with Crippen LogP contribution in [0.1, 0.15) is 20.7 Å². The first-order chi connectivity index (χ1) is 5.61. The summed E-state index contributed by atoms with van der Waals surface area (Å²) >= 11 is 10.4. The zero-order valence-electron chi connectivity index (χ0n) is 6.59. The van der Waals surface area contributed by atoms with Gasteiger partial charge < -0.3 is 0 Å². The maximum absolute atomic E-state index is 10.6. The Morgan fingerprint density at radius 2 is 1.08 bits per heavy atom. The first kappa shape index (κ1) is 13.1. The Balaban J connectivity index is 0.00000144. The van der Waals surface area contributed by atoms with E-state index in [1.54, 1.807) is 0 Å². The number of halogens is 2. The molecule has 0 aliphatic carbocycles. The number of hydrogen-bond donors (Lipinski definition) is 0. The van der Waals surface area contributed by atoms with Gasteiger partial charge in [-0.05, 0) is 47.5 Å². The van der Waals surface area contributed by atoms with Crippen molar-refractivity contribution in [2.45, 2.75) is 0 Å². The molecule has 1 aromatic rings. The number of rotatable bonds is 2. The van der Waals surface area contributed by atoms with Crippen molar-refractivity contribution in [2.24, 2.45) is 0 Å². The fourth-order valence-electron chi connectivity index (χ4n) is 0.732. The molecule has 0 heterocycles. The molecule has 5 heteroatoms. The predicted octanol–water partition coefficient (Wildman–Crippen LogP) is 1.53. The molecule has 0 saturated carbocycles. The number of benzene rings is 1. The van der Waals surface area contributed by atoms with E-state index < -0.39 is 10.5 Å². The third-order valence-corrected chi connectivity index (χ3v) is 1.78. The van der Waals surface area contributed by atoms with E-state index in [0.717, 1.165) is 0 Å². The fourth-order valence-corrected chi connectivity index (χ4v) is 0.984. The molecule has 0 amide bonds. The molecule has 1 aromatic carbocycles. The topological polar surface area (TPSA) is 34.1 Å². The van der Waals surface area contributed by atoms with E-state index in [9.17, 15) is 9.59 Å². The zero-order valence-corrected chi connectivity index (χ0v) is 13.6. The summed E-state index contributed by atoms with van der Waals surface area (Å²) in [6.45, 7) is 0. The minimum atomic E-state index is -0.552. The van der Waals surface area contributed by atoms with E-state index in [4.69, 9.17) is 23.2 Å². The third kappa shape index (κ3) is 3.74. The normalized spacial score (nSPS) is 8.77. The van der Waals surface area contributed by atoms with Crippen LogP contribution in [-0.4, -0.2) is 37.8 Å². The summed E-state index contributed by atoms with van der Waals surface area (Å²) in [4.78, 5) is 21.1. The molecule has 1 rings (SSSR count). The van der Waals surface area contributed by atoms with Crippen molar-refractivity contribution < 1.29 is 9.59 Å². The van der Waals surface area contributed by atoms with Crippen LogP contribution in [-0.2, 0) is 0 Å². The summed E-state index contributed by atoms with van der Waals surface area (Å²) in [5, 5.41) is -1.10. The van der Waals surface area contributed by atoms with Crippen LogP contribution in [0.5, 0.6) is 0 Å². The van der Waals surface area contributed by atoms with Crippen molar-refractivity contribution in [3.8, 4) is 0 Å². The van der Waals surface area contributed by atoms with Gasteiger partial charge in [-0.2, -0.15) is 0 Å². The van der Waals surface area contributed by atoms with Crippen LogP contribution in [0.4, 0.5) is 0 Å². The molecule has 0 fully saturated rings. The molecular formula is C8H6Cl2O2Pb. The van der Waals surface area contributed by atoms with Gasteiger partial charge in [0.25, 0.3) is 10.5 Å². The Morgan fingerprint density at radius 3 is 1.23 bits per heavy atom. The first-order valence-electron chi connectivity index (χ1n) is 3.11. The third-order valence-electron chi connectivity index (χ3n) is 1.34. The Kier molecular flexibility index (Phi) is 5.75. The van der Waals surface area contributed by atoms with Gasteiger partial charge in [0.15, 0.2) is 0 Å². The molecule has 0 unspecified atom stereocenters. The van der Waals surface area contributed by atoms with Crippen molar-refractivity contribution in [3.63, 3.8) is 0 Å². The van der Waals surface area contributed by atoms with Gasteiger partial charge in [-0.25, -0.2) is 0 Å². The van der Waals surface area contributed by atoms with E-state index in [-0.39, 0.29) is 27.3 Å². The average Bonchev–Trinajstić information content (AvgIpc) is 2.04. The summed E-state index contributed by atoms with van der Waals surface area (Å²) in [6.07, 6.45) is 0. The molecule has 0 N–H and O–H groups in total. The summed E-state index contributed by atoms with van der Waals surface area (Å²) in [6, 6.07) is 5.80. The second-order valence-electron chi connectivity index (χ2n) is 2.12. The van der Waals surface area contributed by atoms with Crippen LogP contribution in [0.3, 0.4) is 0 Å². The van der Waals surface area contributed by atoms with Gasteiger partial charge in [-0.1, -0.05) is 0 Å². The molecule has 0 saturated heterocycles. The fraction of sp³-hybridized carbons (Fsp3) is 0. The van der Waals surface area contributed by atoms with E-state index in [0.29, 0.717) is 11.1 Å². The SMILES string of the molecule is O=C(Cl)c1ccc(C(=O)Cl)cc1.[PbH2]. The quantitative estimate of drug-likeness (QED) is 0.546. The number of carbonyl (C=O) groups is 2. The molecule has 2 nitrogen and oxygen atoms in total. The van der Waals surface area contributed by atoms with Crippen molar-refractivity contribution in [3.05, 3.63) is 35.4 Å². The van der Waals surface area contributed by atoms with E-state index in [1.807, 2.05) is 0 Å². The van der Waals surface area contributed by atoms with Gasteiger partial charge in [-0.3, -0.25) is 9.59 Å². The summed E-state index contributed by atoms with van der Waals surface area (Å²) in [7, 11) is 0. The average molecular weight is 412 g/mol. The van der Waals surface area contributed by atoms with Crippen molar-refractivity contribution >= 4 is 61.0 Å². The van der Waals surface area contributed by atoms with E-state index in [2.05, 4.69) is 0 Å². The van der Waals surface area contributed by atoms with Crippen LogP contribution in [0.15, 0.2) is 24.3 Å². The Hall–Kier alpha value is 0.0621. The molecule has 68 valence electrons. The monoisotopic (exact) mass is 412 g/mol. The molecule has 0 aromatic heterocycles. The molecular weight excluding hydrogens is 406 g/mol. The van der Waals surface area contributed by atoms with Crippen LogP contribution in [0.2, 0.25) is 0 Å². The molecule has 0 atom stereocenters. The van der Waals surface area contributed by atoms with Gasteiger partial charge in [0, 0.05) is 11.1 Å². The molecule has 13 heavy (non-hydrogen) atoms. The maximum atomic E-state index is 10.6. The molecule has 0 aliphatic heterocycles. The molecule has 0 spiro atoms. The molecule has 0 bridgehead atoms. The van der Waals surface area contributed by atoms with Gasteiger partial charge in [0.1, 0.15) is 0 Å². The van der Waals surface area contributed by atoms with E-state index >= 15 is 0 Å². The summed E-state index contributed by atoms with van der Waals surface area (Å²) in [5.74, 6) is 0. The summed E-state index contributed by atoms with van der Waals surface area (Å²) in [5.41, 5.74) is 0.691. The molecule has 0 aliphatic rings. The number of carbonyl (C=O) groups excluding carboxylic acids is 2. The van der Waals surface area contributed by atoms with Gasteiger partial charge in [0.05, 0.1) is 0 Å². The first-order valence-corrected chi connectivity index (χ1v) is 3.86. The Labute approximate surface area is 105 Å². The van der Waals surface area contributed by atoms with Gasteiger partial charge in [-0.15, -0.1) is 0 Å². The van der Waals surface area contributed by atoms with Crippen molar-refractivity contribution in [2.75, 3.05) is 0 Å². The second-order valence-corrected chi connectivity index (χ2v) is 2.81. The van der Waals surface area contributed by atoms with Crippen LogP contribution >= 0.6 is 23.2 Å². The van der Waals surface area contributed by atoms with Gasteiger partial charge in [0.2, 0.25) is 0 Å². The predicted molar refractivity (Wildman–Crippen MR) is 55.4 cm³/mol. The Bertz CT molecular complexity index is 288. The van der Waals surface area contributed by atoms with Crippen LogP contribution < -0.4 is 0 Å².